The van der Waals surface area contributed by atoms with Gasteiger partial charge in [-0.25, -0.2) is 4.39 Å². The summed E-state index contributed by atoms with van der Waals surface area (Å²) in [5.41, 5.74) is 2.88. The molecule has 4 rings (SSSR count). The Morgan fingerprint density at radius 3 is 2.85 bits per heavy atom. The topological polar surface area (TPSA) is 38.2 Å². The van der Waals surface area contributed by atoms with Crippen LogP contribution in [0.2, 0.25) is 0 Å². The van der Waals surface area contributed by atoms with E-state index in [0.29, 0.717) is 18.7 Å². The quantitative estimate of drug-likeness (QED) is 0.692. The van der Waals surface area contributed by atoms with Gasteiger partial charge in [-0.05, 0) is 29.7 Å². The smallest absolute Gasteiger partial charge is 0.208 e. The molecule has 1 unspecified atom stereocenters. The number of aryl methyl sites for hydroxylation is 1. The summed E-state index contributed by atoms with van der Waals surface area (Å²) >= 11 is 1.63. The van der Waals surface area contributed by atoms with Crippen molar-refractivity contribution in [1.29, 1.82) is 0 Å². The summed E-state index contributed by atoms with van der Waals surface area (Å²) in [4.78, 5) is 2.21. The van der Waals surface area contributed by atoms with E-state index in [1.807, 2.05) is 24.3 Å². The van der Waals surface area contributed by atoms with Gasteiger partial charge in [-0.3, -0.25) is 0 Å². The molecule has 1 fully saturated rings. The van der Waals surface area contributed by atoms with Gasteiger partial charge in [-0.2, -0.15) is 0 Å². The molecule has 6 heteroatoms. The third kappa shape index (κ3) is 3.76. The van der Waals surface area contributed by atoms with Gasteiger partial charge >= 0.3 is 0 Å². The Hall–Kier alpha value is -2.31. The first-order valence-corrected chi connectivity index (χ1v) is 9.49. The van der Waals surface area contributed by atoms with Gasteiger partial charge in [0.25, 0.3) is 0 Å². The molecular weight excluding hydrogens is 349 g/mol. The van der Waals surface area contributed by atoms with Crippen molar-refractivity contribution in [1.82, 2.24) is 10.2 Å². The molecule has 0 amide bonds. The molecule has 26 heavy (non-hydrogen) atoms. The lowest BCUT2D eigenvalue weighted by Crippen LogP contribution is -2.38. The molecule has 4 nitrogen and oxygen atoms in total. The predicted molar refractivity (Wildman–Crippen MR) is 101 cm³/mol. The Balaban J connectivity index is 1.47. The van der Waals surface area contributed by atoms with Gasteiger partial charge < -0.3 is 9.64 Å². The standard InChI is InChI=1S/C20H20FN3OS/c1-14-11-16(7-8-17(14)21)18-13-24(9-10-25-18)20-23-22-19(26-20)12-15-5-3-2-4-6-15/h2-8,11,18H,9-10,12-13H2,1H3. The van der Waals surface area contributed by atoms with E-state index >= 15 is 0 Å². The molecule has 0 aliphatic carbocycles. The Morgan fingerprint density at radius 2 is 2.04 bits per heavy atom. The number of ether oxygens (including phenoxy) is 1. The molecule has 1 aromatic heterocycles. The molecule has 0 bridgehead atoms. The molecule has 3 aromatic rings. The largest absolute Gasteiger partial charge is 0.370 e. The second-order valence-corrected chi connectivity index (χ2v) is 7.50. The Bertz CT molecular complexity index is 884. The number of hydrogen-bond acceptors (Lipinski definition) is 5. The van der Waals surface area contributed by atoms with Crippen LogP contribution in [0.3, 0.4) is 0 Å². The number of rotatable bonds is 4. The highest BCUT2D eigenvalue weighted by Crippen LogP contribution is 2.29. The minimum atomic E-state index is -0.184. The zero-order valence-corrected chi connectivity index (χ0v) is 15.4. The van der Waals surface area contributed by atoms with E-state index in [2.05, 4.69) is 27.2 Å². The summed E-state index contributed by atoms with van der Waals surface area (Å²) in [5, 5.41) is 10.6. The number of morpholine rings is 1. The lowest BCUT2D eigenvalue weighted by Gasteiger charge is -2.32. The number of halogens is 1. The summed E-state index contributed by atoms with van der Waals surface area (Å²) in [5.74, 6) is -0.184. The summed E-state index contributed by atoms with van der Waals surface area (Å²) in [6, 6.07) is 15.5. The average molecular weight is 369 g/mol. The Morgan fingerprint density at radius 1 is 1.19 bits per heavy atom. The molecular formula is C20H20FN3OS. The van der Waals surface area contributed by atoms with Crippen molar-refractivity contribution in [3.63, 3.8) is 0 Å². The van der Waals surface area contributed by atoms with E-state index in [0.717, 1.165) is 28.7 Å². The normalized spacial score (nSPS) is 17.5. The highest BCUT2D eigenvalue weighted by molar-refractivity contribution is 7.15. The molecule has 2 heterocycles. The van der Waals surface area contributed by atoms with Crippen LogP contribution in [0.25, 0.3) is 0 Å². The Labute approximate surface area is 156 Å². The molecule has 2 aromatic carbocycles. The van der Waals surface area contributed by atoms with E-state index in [1.165, 1.54) is 11.6 Å². The first-order chi connectivity index (χ1) is 12.7. The molecule has 134 valence electrons. The summed E-state index contributed by atoms with van der Waals surface area (Å²) < 4.78 is 19.4. The van der Waals surface area contributed by atoms with Crippen LogP contribution >= 0.6 is 11.3 Å². The molecule has 0 spiro atoms. The first kappa shape index (κ1) is 17.1. The highest BCUT2D eigenvalue weighted by atomic mass is 32.1. The summed E-state index contributed by atoms with van der Waals surface area (Å²) in [6.07, 6.45) is 0.716. The van der Waals surface area contributed by atoms with Crippen LogP contribution in [-0.2, 0) is 11.2 Å². The van der Waals surface area contributed by atoms with Crippen LogP contribution in [0.5, 0.6) is 0 Å². The Kier molecular flexibility index (Phi) is 4.95. The molecule has 0 radical (unpaired) electrons. The van der Waals surface area contributed by atoms with Gasteiger partial charge in [-0.15, -0.1) is 10.2 Å². The van der Waals surface area contributed by atoms with Crippen molar-refractivity contribution in [2.24, 2.45) is 0 Å². The van der Waals surface area contributed by atoms with Gasteiger partial charge in [0.2, 0.25) is 5.13 Å². The molecule has 1 aliphatic heterocycles. The van der Waals surface area contributed by atoms with Crippen LogP contribution in [0.4, 0.5) is 9.52 Å². The monoisotopic (exact) mass is 369 g/mol. The van der Waals surface area contributed by atoms with Crippen LogP contribution in [-0.4, -0.2) is 29.9 Å². The fraction of sp³-hybridized carbons (Fsp3) is 0.300. The third-order valence-corrected chi connectivity index (χ3v) is 5.53. The maximum Gasteiger partial charge on any atom is 0.208 e. The second kappa shape index (κ2) is 7.51. The van der Waals surface area contributed by atoms with Gasteiger partial charge in [-0.1, -0.05) is 53.8 Å². The van der Waals surface area contributed by atoms with Crippen molar-refractivity contribution in [3.05, 3.63) is 76.0 Å². The zero-order valence-electron chi connectivity index (χ0n) is 14.6. The van der Waals surface area contributed by atoms with E-state index in [-0.39, 0.29) is 11.9 Å². The third-order valence-electron chi connectivity index (χ3n) is 4.55. The van der Waals surface area contributed by atoms with Gasteiger partial charge in [0.1, 0.15) is 16.9 Å². The van der Waals surface area contributed by atoms with Crippen molar-refractivity contribution in [2.75, 3.05) is 24.6 Å². The predicted octanol–water partition coefficient (Wildman–Crippen LogP) is 4.15. The SMILES string of the molecule is Cc1cc(C2CN(c3nnc(Cc4ccccc4)s3)CCO2)ccc1F. The fourth-order valence-electron chi connectivity index (χ4n) is 3.11. The molecule has 1 saturated heterocycles. The van der Waals surface area contributed by atoms with Gasteiger partial charge in [0.05, 0.1) is 13.2 Å². The fourth-order valence-corrected chi connectivity index (χ4v) is 4.02. The van der Waals surface area contributed by atoms with E-state index in [1.54, 1.807) is 24.3 Å². The molecule has 1 atom stereocenters. The van der Waals surface area contributed by atoms with E-state index < -0.39 is 0 Å². The van der Waals surface area contributed by atoms with Crippen molar-refractivity contribution in [3.8, 4) is 0 Å². The number of benzene rings is 2. The van der Waals surface area contributed by atoms with Gasteiger partial charge in [0.15, 0.2) is 0 Å². The van der Waals surface area contributed by atoms with Crippen LogP contribution in [0, 0.1) is 12.7 Å². The number of hydrogen-bond donors (Lipinski definition) is 0. The average Bonchev–Trinajstić information content (AvgIpc) is 3.13. The van der Waals surface area contributed by atoms with Crippen LogP contribution in [0.15, 0.2) is 48.5 Å². The first-order valence-electron chi connectivity index (χ1n) is 8.68. The molecule has 1 aliphatic rings. The number of anilines is 1. The van der Waals surface area contributed by atoms with E-state index in [9.17, 15) is 4.39 Å². The molecule has 0 N–H and O–H groups in total. The maximum absolute atomic E-state index is 13.5. The van der Waals surface area contributed by atoms with Crippen molar-refractivity contribution < 1.29 is 9.13 Å². The minimum absolute atomic E-state index is 0.0791. The minimum Gasteiger partial charge on any atom is -0.370 e. The van der Waals surface area contributed by atoms with Crippen molar-refractivity contribution in [2.45, 2.75) is 19.4 Å². The summed E-state index contributed by atoms with van der Waals surface area (Å²) in [7, 11) is 0. The van der Waals surface area contributed by atoms with Crippen LogP contribution < -0.4 is 4.90 Å². The number of nitrogens with zero attached hydrogens (tertiary/aromatic N) is 3. The lowest BCUT2D eigenvalue weighted by molar-refractivity contribution is 0.0397. The lowest BCUT2D eigenvalue weighted by atomic mass is 10.0. The van der Waals surface area contributed by atoms with Crippen molar-refractivity contribution >= 4 is 16.5 Å². The highest BCUT2D eigenvalue weighted by Gasteiger charge is 2.25. The van der Waals surface area contributed by atoms with Crippen LogP contribution in [0.1, 0.15) is 27.8 Å². The summed E-state index contributed by atoms with van der Waals surface area (Å²) in [6.45, 7) is 3.89. The second-order valence-electron chi connectivity index (χ2n) is 6.45. The molecule has 0 saturated carbocycles. The zero-order chi connectivity index (χ0) is 17.9. The number of aromatic nitrogens is 2. The maximum atomic E-state index is 13.5. The van der Waals surface area contributed by atoms with Gasteiger partial charge in [0, 0.05) is 13.0 Å². The van der Waals surface area contributed by atoms with E-state index in [4.69, 9.17) is 4.74 Å².